The van der Waals surface area contributed by atoms with Gasteiger partial charge in [0.2, 0.25) is 5.13 Å². The summed E-state index contributed by atoms with van der Waals surface area (Å²) in [6.45, 7) is 0.406. The third-order valence-electron chi connectivity index (χ3n) is 4.77. The Kier molecular flexibility index (Phi) is 4.61. The van der Waals surface area contributed by atoms with Crippen molar-refractivity contribution in [3.05, 3.63) is 78.2 Å². The molecule has 0 atom stereocenters. The van der Waals surface area contributed by atoms with E-state index in [1.54, 1.807) is 24.2 Å². The van der Waals surface area contributed by atoms with E-state index in [9.17, 15) is 4.79 Å². The van der Waals surface area contributed by atoms with Gasteiger partial charge in [-0.25, -0.2) is 9.67 Å². The topological polar surface area (TPSA) is 81.9 Å². The predicted molar refractivity (Wildman–Crippen MR) is 116 cm³/mol. The number of carbonyl (C=O) groups excluding carboxylic acids is 1. The number of nitrogens with one attached hydrogen (secondary N) is 1. The maximum Gasteiger partial charge on any atom is 0.272 e. The van der Waals surface area contributed by atoms with E-state index in [0.717, 1.165) is 32.4 Å². The van der Waals surface area contributed by atoms with E-state index >= 15 is 0 Å². The van der Waals surface area contributed by atoms with Crippen molar-refractivity contribution >= 4 is 38.4 Å². The van der Waals surface area contributed by atoms with Crippen LogP contribution in [0.5, 0.6) is 5.75 Å². The average molecular weight is 415 g/mol. The minimum absolute atomic E-state index is 0.232. The molecule has 0 aliphatic carbocycles. The number of carbonyl (C=O) groups is 1. The van der Waals surface area contributed by atoms with Gasteiger partial charge in [0, 0.05) is 24.3 Å². The third-order valence-corrected chi connectivity index (χ3v) is 5.76. The fourth-order valence-corrected chi connectivity index (χ4v) is 4.22. The minimum atomic E-state index is -0.232. The molecule has 5 aromatic rings. The Labute approximate surface area is 176 Å². The second-order valence-electron chi connectivity index (χ2n) is 6.65. The molecule has 0 radical (unpaired) electrons. The molecule has 0 spiro atoms. The first kappa shape index (κ1) is 18.3. The smallest absolute Gasteiger partial charge is 0.272 e. The number of nitrogens with zero attached hydrogens (tertiary/aromatic N) is 4. The Morgan fingerprint density at radius 2 is 1.97 bits per heavy atom. The zero-order valence-electron chi connectivity index (χ0n) is 16.1. The van der Waals surface area contributed by atoms with Gasteiger partial charge >= 0.3 is 0 Å². The van der Waals surface area contributed by atoms with Gasteiger partial charge in [0.1, 0.15) is 5.75 Å². The van der Waals surface area contributed by atoms with Crippen molar-refractivity contribution in [1.29, 1.82) is 0 Å². The molecule has 3 aromatic heterocycles. The van der Waals surface area contributed by atoms with Crippen molar-refractivity contribution in [3.8, 4) is 10.9 Å². The van der Waals surface area contributed by atoms with Gasteiger partial charge in [0.15, 0.2) is 5.69 Å². The van der Waals surface area contributed by atoms with E-state index < -0.39 is 0 Å². The van der Waals surface area contributed by atoms with Gasteiger partial charge in [-0.3, -0.25) is 9.78 Å². The summed E-state index contributed by atoms with van der Waals surface area (Å²) in [4.78, 5) is 21.6. The molecule has 148 valence electrons. The van der Waals surface area contributed by atoms with Crippen LogP contribution < -0.4 is 10.1 Å². The fourth-order valence-electron chi connectivity index (χ4n) is 3.26. The van der Waals surface area contributed by atoms with Gasteiger partial charge < -0.3 is 10.1 Å². The molecule has 0 saturated carbocycles. The third kappa shape index (κ3) is 3.27. The van der Waals surface area contributed by atoms with Crippen LogP contribution in [0.2, 0.25) is 0 Å². The number of rotatable bonds is 5. The number of para-hydroxylation sites is 1. The standard InChI is InChI=1S/C22H17N5O2S/c1-29-15-6-7-17-19(12-15)30-22(25-17)27-18-5-3-2-4-16(18)20(26-27)21(28)24-13-14-8-10-23-11-9-14/h2-12H,13H2,1H3,(H,24,28). The lowest BCUT2D eigenvalue weighted by Gasteiger charge is -2.03. The van der Waals surface area contributed by atoms with Crippen LogP contribution in [-0.4, -0.2) is 32.8 Å². The number of hydrogen-bond donors (Lipinski definition) is 1. The predicted octanol–water partition coefficient (Wildman–Crippen LogP) is 3.97. The maximum absolute atomic E-state index is 12.9. The number of fused-ring (bicyclic) bond motifs is 2. The molecular formula is C22H17N5O2S. The van der Waals surface area contributed by atoms with Crippen molar-refractivity contribution in [2.45, 2.75) is 6.54 Å². The molecule has 2 aromatic carbocycles. The summed E-state index contributed by atoms with van der Waals surface area (Å²) >= 11 is 1.50. The quantitative estimate of drug-likeness (QED) is 0.470. The van der Waals surface area contributed by atoms with Gasteiger partial charge in [0.25, 0.3) is 5.91 Å². The van der Waals surface area contributed by atoms with Gasteiger partial charge in [-0.2, -0.15) is 5.10 Å². The molecule has 8 heteroatoms. The Morgan fingerprint density at radius 3 is 2.80 bits per heavy atom. The lowest BCUT2D eigenvalue weighted by Crippen LogP contribution is -2.23. The van der Waals surface area contributed by atoms with Crippen LogP contribution >= 0.6 is 11.3 Å². The molecule has 0 bridgehead atoms. The lowest BCUT2D eigenvalue weighted by molar-refractivity contribution is 0.0947. The summed E-state index contributed by atoms with van der Waals surface area (Å²) in [6.07, 6.45) is 3.40. The highest BCUT2D eigenvalue weighted by molar-refractivity contribution is 7.20. The number of ether oxygens (including phenoxy) is 1. The Bertz CT molecular complexity index is 1360. The van der Waals surface area contributed by atoms with Crippen molar-refractivity contribution in [2.75, 3.05) is 7.11 Å². The van der Waals surface area contributed by atoms with Crippen LogP contribution in [0.1, 0.15) is 16.1 Å². The van der Waals surface area contributed by atoms with Gasteiger partial charge in [0.05, 0.1) is 22.8 Å². The molecule has 30 heavy (non-hydrogen) atoms. The molecule has 7 nitrogen and oxygen atoms in total. The number of amides is 1. The zero-order chi connectivity index (χ0) is 20.5. The van der Waals surface area contributed by atoms with Crippen molar-refractivity contribution < 1.29 is 9.53 Å². The Hall–Kier alpha value is -3.78. The summed E-state index contributed by atoms with van der Waals surface area (Å²) in [5, 5.41) is 9.03. The summed E-state index contributed by atoms with van der Waals surface area (Å²) in [6, 6.07) is 17.1. The van der Waals surface area contributed by atoms with E-state index in [-0.39, 0.29) is 5.91 Å². The molecule has 0 aliphatic rings. The number of benzene rings is 2. The molecule has 1 amide bonds. The highest BCUT2D eigenvalue weighted by Crippen LogP contribution is 2.30. The van der Waals surface area contributed by atoms with Crippen molar-refractivity contribution in [1.82, 2.24) is 25.1 Å². The summed E-state index contributed by atoms with van der Waals surface area (Å²) in [7, 11) is 1.64. The summed E-state index contributed by atoms with van der Waals surface area (Å²) < 4.78 is 8.03. The first-order valence-electron chi connectivity index (χ1n) is 9.33. The number of pyridine rings is 1. The van der Waals surface area contributed by atoms with Gasteiger partial charge in [-0.15, -0.1) is 0 Å². The van der Waals surface area contributed by atoms with E-state index in [4.69, 9.17) is 9.72 Å². The second-order valence-corrected chi connectivity index (χ2v) is 7.65. The Morgan fingerprint density at radius 1 is 1.13 bits per heavy atom. The normalized spacial score (nSPS) is 11.1. The average Bonchev–Trinajstić information content (AvgIpc) is 3.39. The van der Waals surface area contributed by atoms with Crippen molar-refractivity contribution in [2.24, 2.45) is 0 Å². The van der Waals surface area contributed by atoms with E-state index in [2.05, 4.69) is 15.4 Å². The molecule has 0 fully saturated rings. The highest BCUT2D eigenvalue weighted by atomic mass is 32.1. The number of thiazole rings is 1. The van der Waals surface area contributed by atoms with Crippen LogP contribution in [0, 0.1) is 0 Å². The number of hydrogen-bond acceptors (Lipinski definition) is 6. The largest absolute Gasteiger partial charge is 0.497 e. The van der Waals surface area contributed by atoms with E-state index in [0.29, 0.717) is 17.4 Å². The number of methoxy groups -OCH3 is 1. The van der Waals surface area contributed by atoms with Gasteiger partial charge in [-0.05, 0) is 42.0 Å². The molecule has 1 N–H and O–H groups in total. The van der Waals surface area contributed by atoms with Crippen LogP contribution in [0.25, 0.3) is 26.3 Å². The first-order valence-corrected chi connectivity index (χ1v) is 10.1. The fraction of sp³-hybridized carbons (Fsp3) is 0.0909. The second kappa shape index (κ2) is 7.57. The Balaban J connectivity index is 1.53. The van der Waals surface area contributed by atoms with E-state index in [1.165, 1.54) is 11.3 Å². The summed E-state index contributed by atoms with van der Waals surface area (Å²) in [5.74, 6) is 0.545. The highest BCUT2D eigenvalue weighted by Gasteiger charge is 2.19. The monoisotopic (exact) mass is 415 g/mol. The van der Waals surface area contributed by atoms with Crippen molar-refractivity contribution in [3.63, 3.8) is 0 Å². The minimum Gasteiger partial charge on any atom is -0.497 e. The lowest BCUT2D eigenvalue weighted by atomic mass is 10.2. The molecule has 0 aliphatic heterocycles. The zero-order valence-corrected chi connectivity index (χ0v) is 16.9. The number of aromatic nitrogens is 4. The maximum atomic E-state index is 12.9. The van der Waals surface area contributed by atoms with Crippen LogP contribution in [0.4, 0.5) is 0 Å². The van der Waals surface area contributed by atoms with Crippen LogP contribution in [0.3, 0.4) is 0 Å². The molecule has 3 heterocycles. The first-order chi connectivity index (χ1) is 14.7. The van der Waals surface area contributed by atoms with Gasteiger partial charge in [-0.1, -0.05) is 29.5 Å². The molecular weight excluding hydrogens is 398 g/mol. The molecule has 0 saturated heterocycles. The van der Waals surface area contributed by atoms with Crippen LogP contribution in [-0.2, 0) is 6.54 Å². The summed E-state index contributed by atoms with van der Waals surface area (Å²) in [5.41, 5.74) is 3.04. The molecule has 5 rings (SSSR count). The SMILES string of the molecule is COc1ccc2nc(-n3nc(C(=O)NCc4ccncc4)c4ccccc43)sc2c1. The van der Waals surface area contributed by atoms with E-state index in [1.807, 2.05) is 54.6 Å². The van der Waals surface area contributed by atoms with Crippen LogP contribution in [0.15, 0.2) is 67.0 Å². The molecule has 0 unspecified atom stereocenters.